The molecule has 5 heteroatoms. The van der Waals surface area contributed by atoms with E-state index >= 15 is 0 Å². The van der Waals surface area contributed by atoms with Crippen molar-refractivity contribution >= 4 is 0 Å². The average Bonchev–Trinajstić information content (AvgIpc) is 2.54. The Bertz CT molecular complexity index is 460. The highest BCUT2D eigenvalue weighted by Gasteiger charge is 2.25. The van der Waals surface area contributed by atoms with Crippen LogP contribution in [-0.2, 0) is 0 Å². The van der Waals surface area contributed by atoms with Crippen molar-refractivity contribution in [3.05, 3.63) is 23.8 Å². The van der Waals surface area contributed by atoms with E-state index in [9.17, 15) is 5.11 Å². The summed E-state index contributed by atoms with van der Waals surface area (Å²) in [6.45, 7) is 7.15. The lowest BCUT2D eigenvalue weighted by Crippen LogP contribution is -2.49. The van der Waals surface area contributed by atoms with Gasteiger partial charge >= 0.3 is 0 Å². The molecule has 2 atom stereocenters. The minimum absolute atomic E-state index is 0.0969. The van der Waals surface area contributed by atoms with Gasteiger partial charge in [0, 0.05) is 32.2 Å². The zero-order valence-electron chi connectivity index (χ0n) is 11.8. The van der Waals surface area contributed by atoms with Gasteiger partial charge in [0.1, 0.15) is 13.2 Å². The van der Waals surface area contributed by atoms with Crippen LogP contribution in [0.25, 0.3) is 0 Å². The topological polar surface area (TPSA) is 54.0 Å². The molecule has 2 heterocycles. The first kappa shape index (κ1) is 13.7. The summed E-state index contributed by atoms with van der Waals surface area (Å²) in [7, 11) is 0. The molecule has 1 fully saturated rings. The predicted molar refractivity (Wildman–Crippen MR) is 76.3 cm³/mol. The first-order valence-electron chi connectivity index (χ1n) is 7.28. The standard InChI is InChI=1S/C15H22N2O3/c1-11(17-6-4-16-5-7-17)15(18)12-2-3-13-14(10-12)20-9-8-19-13/h2-3,10-11,15-16,18H,4-9H2,1H3. The lowest BCUT2D eigenvalue weighted by molar-refractivity contribution is 0.0506. The molecule has 0 saturated carbocycles. The lowest BCUT2D eigenvalue weighted by atomic mass is 10.0. The van der Waals surface area contributed by atoms with Gasteiger partial charge in [-0.3, -0.25) is 4.90 Å². The van der Waals surface area contributed by atoms with E-state index in [4.69, 9.17) is 9.47 Å². The molecule has 5 nitrogen and oxygen atoms in total. The quantitative estimate of drug-likeness (QED) is 0.856. The monoisotopic (exact) mass is 278 g/mol. The van der Waals surface area contributed by atoms with E-state index in [1.807, 2.05) is 18.2 Å². The Morgan fingerprint density at radius 2 is 1.85 bits per heavy atom. The second kappa shape index (κ2) is 5.99. The number of ether oxygens (including phenoxy) is 2. The smallest absolute Gasteiger partial charge is 0.161 e. The molecule has 2 aliphatic heterocycles. The van der Waals surface area contributed by atoms with Crippen molar-refractivity contribution in [2.75, 3.05) is 39.4 Å². The molecule has 0 aliphatic carbocycles. The number of benzene rings is 1. The Morgan fingerprint density at radius 3 is 2.60 bits per heavy atom. The van der Waals surface area contributed by atoms with Crippen LogP contribution >= 0.6 is 0 Å². The minimum Gasteiger partial charge on any atom is -0.486 e. The minimum atomic E-state index is -0.510. The van der Waals surface area contributed by atoms with Gasteiger partial charge in [0.05, 0.1) is 6.10 Å². The third kappa shape index (κ3) is 2.75. The SMILES string of the molecule is CC(C(O)c1ccc2c(c1)OCCO2)N1CCNCC1. The molecule has 1 aromatic rings. The summed E-state index contributed by atoms with van der Waals surface area (Å²) in [6, 6.07) is 5.81. The molecule has 3 rings (SSSR count). The van der Waals surface area contributed by atoms with Gasteiger partial charge in [-0.05, 0) is 24.6 Å². The Hall–Kier alpha value is -1.30. The number of rotatable bonds is 3. The molecule has 0 amide bonds. The van der Waals surface area contributed by atoms with Crippen LogP contribution < -0.4 is 14.8 Å². The summed E-state index contributed by atoms with van der Waals surface area (Å²) in [5, 5.41) is 13.9. The largest absolute Gasteiger partial charge is 0.486 e. The zero-order chi connectivity index (χ0) is 13.9. The molecular weight excluding hydrogens is 256 g/mol. The van der Waals surface area contributed by atoms with E-state index in [0.29, 0.717) is 13.2 Å². The van der Waals surface area contributed by atoms with Crippen molar-refractivity contribution in [1.82, 2.24) is 10.2 Å². The van der Waals surface area contributed by atoms with E-state index in [1.54, 1.807) is 0 Å². The predicted octanol–water partition coefficient (Wildman–Crippen LogP) is 0.785. The molecule has 2 aliphatic rings. The summed E-state index contributed by atoms with van der Waals surface area (Å²) < 4.78 is 11.1. The molecule has 0 bridgehead atoms. The fourth-order valence-corrected chi connectivity index (χ4v) is 2.81. The van der Waals surface area contributed by atoms with Crippen molar-refractivity contribution < 1.29 is 14.6 Å². The van der Waals surface area contributed by atoms with Crippen LogP contribution in [0.4, 0.5) is 0 Å². The van der Waals surface area contributed by atoms with Crippen molar-refractivity contribution in [1.29, 1.82) is 0 Å². The number of nitrogens with zero attached hydrogens (tertiary/aromatic N) is 1. The highest BCUT2D eigenvalue weighted by atomic mass is 16.6. The Labute approximate surface area is 119 Å². The first-order chi connectivity index (χ1) is 9.75. The fraction of sp³-hybridized carbons (Fsp3) is 0.600. The van der Waals surface area contributed by atoms with Gasteiger partial charge in [-0.15, -0.1) is 0 Å². The maximum absolute atomic E-state index is 10.6. The number of fused-ring (bicyclic) bond motifs is 1. The van der Waals surface area contributed by atoms with Crippen LogP contribution in [0, 0.1) is 0 Å². The first-order valence-corrected chi connectivity index (χ1v) is 7.28. The van der Waals surface area contributed by atoms with Gasteiger partial charge in [0.25, 0.3) is 0 Å². The maximum Gasteiger partial charge on any atom is 0.161 e. The molecule has 0 spiro atoms. The van der Waals surface area contributed by atoms with Crippen LogP contribution in [0.5, 0.6) is 11.5 Å². The molecule has 2 unspecified atom stereocenters. The summed E-state index contributed by atoms with van der Waals surface area (Å²) >= 11 is 0. The lowest BCUT2D eigenvalue weighted by Gasteiger charge is -2.35. The molecule has 1 aromatic carbocycles. The van der Waals surface area contributed by atoms with Crippen LogP contribution in [0.2, 0.25) is 0 Å². The fourth-order valence-electron chi connectivity index (χ4n) is 2.81. The Balaban J connectivity index is 1.74. The molecule has 0 radical (unpaired) electrons. The van der Waals surface area contributed by atoms with Crippen LogP contribution in [-0.4, -0.2) is 55.4 Å². The van der Waals surface area contributed by atoms with Gasteiger partial charge in [0.15, 0.2) is 11.5 Å². The number of aliphatic hydroxyl groups is 1. The van der Waals surface area contributed by atoms with Crippen LogP contribution in [0.1, 0.15) is 18.6 Å². The number of nitrogens with one attached hydrogen (secondary N) is 1. The van der Waals surface area contributed by atoms with Crippen LogP contribution in [0.15, 0.2) is 18.2 Å². The third-order valence-corrected chi connectivity index (χ3v) is 4.09. The van der Waals surface area contributed by atoms with E-state index in [0.717, 1.165) is 43.2 Å². The highest BCUT2D eigenvalue weighted by Crippen LogP contribution is 2.34. The molecule has 110 valence electrons. The van der Waals surface area contributed by atoms with Crippen molar-refractivity contribution in [3.63, 3.8) is 0 Å². The second-order valence-electron chi connectivity index (χ2n) is 5.37. The second-order valence-corrected chi connectivity index (χ2v) is 5.37. The van der Waals surface area contributed by atoms with Crippen molar-refractivity contribution in [2.24, 2.45) is 0 Å². The van der Waals surface area contributed by atoms with Crippen LogP contribution in [0.3, 0.4) is 0 Å². The number of piperazine rings is 1. The van der Waals surface area contributed by atoms with Gasteiger partial charge in [-0.25, -0.2) is 0 Å². The van der Waals surface area contributed by atoms with Crippen molar-refractivity contribution in [3.8, 4) is 11.5 Å². The summed E-state index contributed by atoms with van der Waals surface area (Å²) in [5.74, 6) is 1.50. The molecule has 0 aromatic heterocycles. The summed E-state index contributed by atoms with van der Waals surface area (Å²) in [6.07, 6.45) is -0.510. The Kier molecular flexibility index (Phi) is 4.10. The van der Waals surface area contributed by atoms with Gasteiger partial charge in [0.2, 0.25) is 0 Å². The molecule has 1 saturated heterocycles. The van der Waals surface area contributed by atoms with E-state index < -0.39 is 6.10 Å². The zero-order valence-corrected chi connectivity index (χ0v) is 11.8. The van der Waals surface area contributed by atoms with E-state index in [1.165, 1.54) is 0 Å². The Morgan fingerprint density at radius 1 is 1.15 bits per heavy atom. The summed E-state index contributed by atoms with van der Waals surface area (Å²) in [4.78, 5) is 2.32. The number of hydrogen-bond acceptors (Lipinski definition) is 5. The highest BCUT2D eigenvalue weighted by molar-refractivity contribution is 5.44. The number of hydrogen-bond donors (Lipinski definition) is 2. The van der Waals surface area contributed by atoms with Gasteiger partial charge in [-0.1, -0.05) is 6.07 Å². The molecule has 20 heavy (non-hydrogen) atoms. The number of aliphatic hydroxyl groups excluding tert-OH is 1. The molecule has 2 N–H and O–H groups in total. The van der Waals surface area contributed by atoms with Gasteiger partial charge in [-0.2, -0.15) is 0 Å². The van der Waals surface area contributed by atoms with Gasteiger partial charge < -0.3 is 19.9 Å². The van der Waals surface area contributed by atoms with Crippen molar-refractivity contribution in [2.45, 2.75) is 19.1 Å². The molecular formula is C15H22N2O3. The van der Waals surface area contributed by atoms with E-state index in [2.05, 4.69) is 17.1 Å². The maximum atomic E-state index is 10.6. The average molecular weight is 278 g/mol. The normalized spacial score (nSPS) is 22.3. The summed E-state index contributed by atoms with van der Waals surface area (Å²) in [5.41, 5.74) is 0.889. The van der Waals surface area contributed by atoms with E-state index in [-0.39, 0.29) is 6.04 Å². The third-order valence-electron chi connectivity index (χ3n) is 4.09.